The zero-order chi connectivity index (χ0) is 13.7. The number of amides is 1. The first kappa shape index (κ1) is 13.0. The molecule has 7 heteroatoms. The summed E-state index contributed by atoms with van der Waals surface area (Å²) >= 11 is 0. The number of nitrogens with one attached hydrogen (secondary N) is 2. The van der Waals surface area contributed by atoms with Crippen molar-refractivity contribution in [2.45, 2.75) is 20.4 Å². The van der Waals surface area contributed by atoms with Gasteiger partial charge < -0.3 is 15.2 Å². The van der Waals surface area contributed by atoms with Crippen molar-refractivity contribution in [2.75, 3.05) is 11.9 Å². The van der Waals surface area contributed by atoms with E-state index in [1.807, 2.05) is 13.8 Å². The molecular formula is C12H15N5O2. The Morgan fingerprint density at radius 3 is 2.79 bits per heavy atom. The molecule has 7 nitrogen and oxygen atoms in total. The van der Waals surface area contributed by atoms with E-state index in [9.17, 15) is 4.79 Å². The maximum Gasteiger partial charge on any atom is 0.271 e. The van der Waals surface area contributed by atoms with Gasteiger partial charge in [0, 0.05) is 12.6 Å². The second kappa shape index (κ2) is 5.94. The Morgan fingerprint density at radius 2 is 2.21 bits per heavy atom. The third-order valence-electron chi connectivity index (χ3n) is 2.34. The van der Waals surface area contributed by atoms with Gasteiger partial charge in [0.25, 0.3) is 5.91 Å². The first-order valence-corrected chi connectivity index (χ1v) is 5.95. The maximum atomic E-state index is 11.8. The van der Waals surface area contributed by atoms with E-state index in [1.165, 1.54) is 12.4 Å². The molecule has 0 aromatic carbocycles. The molecule has 0 aliphatic rings. The summed E-state index contributed by atoms with van der Waals surface area (Å²) in [6.45, 7) is 4.81. The highest BCUT2D eigenvalue weighted by Gasteiger charge is 2.09. The molecule has 100 valence electrons. The quantitative estimate of drug-likeness (QED) is 0.838. The largest absolute Gasteiger partial charge is 0.369 e. The van der Waals surface area contributed by atoms with Crippen molar-refractivity contribution in [3.63, 3.8) is 0 Å². The van der Waals surface area contributed by atoms with Crippen LogP contribution in [0, 0.1) is 6.92 Å². The summed E-state index contributed by atoms with van der Waals surface area (Å²) in [7, 11) is 0. The van der Waals surface area contributed by atoms with Crippen LogP contribution in [-0.2, 0) is 6.54 Å². The van der Waals surface area contributed by atoms with Gasteiger partial charge in [0.15, 0.2) is 5.76 Å². The second-order valence-corrected chi connectivity index (χ2v) is 3.93. The van der Waals surface area contributed by atoms with E-state index < -0.39 is 0 Å². The van der Waals surface area contributed by atoms with E-state index in [2.05, 4.69) is 25.8 Å². The average Bonchev–Trinajstić information content (AvgIpc) is 2.83. The number of carbonyl (C=O) groups is 1. The van der Waals surface area contributed by atoms with Gasteiger partial charge in [-0.05, 0) is 13.8 Å². The van der Waals surface area contributed by atoms with Gasteiger partial charge in [-0.2, -0.15) is 0 Å². The van der Waals surface area contributed by atoms with Crippen molar-refractivity contribution in [3.8, 4) is 0 Å². The normalized spacial score (nSPS) is 10.2. The highest BCUT2D eigenvalue weighted by Crippen LogP contribution is 2.03. The molecule has 0 saturated heterocycles. The van der Waals surface area contributed by atoms with Crippen molar-refractivity contribution in [2.24, 2.45) is 0 Å². The van der Waals surface area contributed by atoms with E-state index in [0.717, 1.165) is 12.2 Å². The van der Waals surface area contributed by atoms with Crippen LogP contribution >= 0.6 is 0 Å². The molecule has 0 unspecified atom stereocenters. The van der Waals surface area contributed by atoms with Crippen LogP contribution in [0.1, 0.15) is 28.9 Å². The molecular weight excluding hydrogens is 246 g/mol. The predicted molar refractivity (Wildman–Crippen MR) is 68.6 cm³/mol. The number of anilines is 1. The van der Waals surface area contributed by atoms with Crippen molar-refractivity contribution >= 4 is 11.7 Å². The number of hydrogen-bond donors (Lipinski definition) is 2. The van der Waals surface area contributed by atoms with E-state index in [0.29, 0.717) is 11.6 Å². The van der Waals surface area contributed by atoms with Crippen LogP contribution in [0.15, 0.2) is 23.0 Å². The smallest absolute Gasteiger partial charge is 0.271 e. The van der Waals surface area contributed by atoms with E-state index in [1.54, 1.807) is 6.07 Å². The maximum absolute atomic E-state index is 11.8. The lowest BCUT2D eigenvalue weighted by atomic mass is 10.3. The molecule has 19 heavy (non-hydrogen) atoms. The van der Waals surface area contributed by atoms with E-state index >= 15 is 0 Å². The van der Waals surface area contributed by atoms with Gasteiger partial charge in [-0.1, -0.05) is 5.16 Å². The Labute approximate surface area is 110 Å². The number of aryl methyl sites for hydroxylation is 1. The fourth-order valence-electron chi connectivity index (χ4n) is 1.48. The Balaban J connectivity index is 1.92. The Hall–Kier alpha value is -2.44. The fraction of sp³-hybridized carbons (Fsp3) is 0.333. The molecule has 2 rings (SSSR count). The lowest BCUT2D eigenvalue weighted by Gasteiger charge is -2.04. The SMILES string of the molecule is CCNc1cnc(C(=O)NCc2cc(C)no2)cn1. The van der Waals surface area contributed by atoms with Crippen LogP contribution in [0.5, 0.6) is 0 Å². The van der Waals surface area contributed by atoms with Crippen LogP contribution in [0.2, 0.25) is 0 Å². The summed E-state index contributed by atoms with van der Waals surface area (Å²) in [5.41, 5.74) is 1.04. The van der Waals surface area contributed by atoms with Crippen molar-refractivity contribution in [1.82, 2.24) is 20.4 Å². The fourth-order valence-corrected chi connectivity index (χ4v) is 1.48. The minimum Gasteiger partial charge on any atom is -0.369 e. The zero-order valence-electron chi connectivity index (χ0n) is 10.8. The molecule has 0 saturated carbocycles. The number of carbonyl (C=O) groups excluding carboxylic acids is 1. The second-order valence-electron chi connectivity index (χ2n) is 3.93. The Bertz CT molecular complexity index is 550. The van der Waals surface area contributed by atoms with Gasteiger partial charge in [0.05, 0.1) is 24.6 Å². The van der Waals surface area contributed by atoms with Crippen molar-refractivity contribution < 1.29 is 9.32 Å². The van der Waals surface area contributed by atoms with Crippen LogP contribution in [0.25, 0.3) is 0 Å². The third-order valence-corrected chi connectivity index (χ3v) is 2.34. The van der Waals surface area contributed by atoms with Gasteiger partial charge in [-0.15, -0.1) is 0 Å². The Morgan fingerprint density at radius 1 is 1.37 bits per heavy atom. The van der Waals surface area contributed by atoms with Crippen LogP contribution < -0.4 is 10.6 Å². The summed E-state index contributed by atoms with van der Waals surface area (Å²) in [6, 6.07) is 1.76. The predicted octanol–water partition coefficient (Wildman–Crippen LogP) is 1.13. The molecule has 0 bridgehead atoms. The number of nitrogens with zero attached hydrogens (tertiary/aromatic N) is 3. The standard InChI is InChI=1S/C12H15N5O2/c1-3-13-11-7-14-10(6-15-11)12(18)16-5-9-4-8(2)17-19-9/h4,6-7H,3,5H2,1-2H3,(H,13,15)(H,16,18). The molecule has 0 atom stereocenters. The Kier molecular flexibility index (Phi) is 4.07. The molecule has 2 N–H and O–H groups in total. The molecule has 2 heterocycles. The van der Waals surface area contributed by atoms with Gasteiger partial charge >= 0.3 is 0 Å². The molecule has 2 aromatic heterocycles. The minimum atomic E-state index is -0.301. The first-order chi connectivity index (χ1) is 9.19. The number of aromatic nitrogens is 3. The lowest BCUT2D eigenvalue weighted by molar-refractivity contribution is 0.0941. The molecule has 0 aliphatic heterocycles. The van der Waals surface area contributed by atoms with Crippen LogP contribution in [-0.4, -0.2) is 27.6 Å². The number of rotatable bonds is 5. The summed E-state index contributed by atoms with van der Waals surface area (Å²) in [5, 5.41) is 9.43. The average molecular weight is 261 g/mol. The lowest BCUT2D eigenvalue weighted by Crippen LogP contribution is -2.23. The summed E-state index contributed by atoms with van der Waals surface area (Å²) in [4.78, 5) is 19.9. The highest BCUT2D eigenvalue weighted by atomic mass is 16.5. The topological polar surface area (TPSA) is 92.9 Å². The van der Waals surface area contributed by atoms with E-state index in [4.69, 9.17) is 4.52 Å². The molecule has 0 spiro atoms. The molecule has 0 radical (unpaired) electrons. The monoisotopic (exact) mass is 261 g/mol. The first-order valence-electron chi connectivity index (χ1n) is 5.95. The third kappa shape index (κ3) is 3.51. The molecule has 0 aliphatic carbocycles. The molecule has 2 aromatic rings. The van der Waals surface area contributed by atoms with Gasteiger partial charge in [-0.3, -0.25) is 4.79 Å². The van der Waals surface area contributed by atoms with Gasteiger partial charge in [0.2, 0.25) is 0 Å². The summed E-state index contributed by atoms with van der Waals surface area (Å²) < 4.78 is 4.99. The molecule has 1 amide bonds. The van der Waals surface area contributed by atoms with Crippen LogP contribution in [0.4, 0.5) is 5.82 Å². The van der Waals surface area contributed by atoms with E-state index in [-0.39, 0.29) is 18.1 Å². The zero-order valence-corrected chi connectivity index (χ0v) is 10.8. The van der Waals surface area contributed by atoms with Crippen molar-refractivity contribution in [3.05, 3.63) is 35.6 Å². The van der Waals surface area contributed by atoms with Gasteiger partial charge in [0.1, 0.15) is 11.5 Å². The van der Waals surface area contributed by atoms with Crippen molar-refractivity contribution in [1.29, 1.82) is 0 Å². The minimum absolute atomic E-state index is 0.262. The summed E-state index contributed by atoms with van der Waals surface area (Å²) in [5.74, 6) is 0.942. The summed E-state index contributed by atoms with van der Waals surface area (Å²) in [6.07, 6.45) is 2.95. The molecule has 0 fully saturated rings. The van der Waals surface area contributed by atoms with Gasteiger partial charge in [-0.25, -0.2) is 9.97 Å². The van der Waals surface area contributed by atoms with Crippen LogP contribution in [0.3, 0.4) is 0 Å². The number of hydrogen-bond acceptors (Lipinski definition) is 6. The highest BCUT2D eigenvalue weighted by molar-refractivity contribution is 5.91.